The van der Waals surface area contributed by atoms with E-state index in [1.807, 2.05) is 0 Å². The van der Waals surface area contributed by atoms with E-state index in [1.165, 1.54) is 65.9 Å². The van der Waals surface area contributed by atoms with E-state index in [0.29, 0.717) is 0 Å². The molecule has 2 aromatic heterocycles. The third-order valence-electron chi connectivity index (χ3n) is 7.76. The molecule has 0 atom stereocenters. The number of nitrogens with one attached hydrogen (secondary N) is 1. The van der Waals surface area contributed by atoms with E-state index >= 15 is 0 Å². The first kappa shape index (κ1) is 21.0. The molecular formula is C36H24N2. The first-order chi connectivity index (χ1) is 18.8. The van der Waals surface area contributed by atoms with Crippen LogP contribution in [0.2, 0.25) is 0 Å². The molecule has 0 aliphatic rings. The van der Waals surface area contributed by atoms with Gasteiger partial charge in [-0.25, -0.2) is 0 Å². The van der Waals surface area contributed by atoms with Crippen LogP contribution in [0.25, 0.3) is 71.6 Å². The minimum atomic E-state index is 1.16. The van der Waals surface area contributed by atoms with Crippen LogP contribution < -0.4 is 0 Å². The van der Waals surface area contributed by atoms with Crippen LogP contribution in [0.15, 0.2) is 140 Å². The predicted octanol–water partition coefficient (Wildman–Crippen LogP) is 9.75. The van der Waals surface area contributed by atoms with Crippen LogP contribution in [-0.4, -0.2) is 9.55 Å². The number of fused-ring (bicyclic) bond motifs is 7. The van der Waals surface area contributed by atoms with Crippen LogP contribution in [0.1, 0.15) is 0 Å². The average molecular weight is 485 g/mol. The molecule has 0 aliphatic heterocycles. The molecule has 0 bridgehead atoms. The lowest BCUT2D eigenvalue weighted by atomic mass is 10.0. The highest BCUT2D eigenvalue weighted by Gasteiger charge is 2.17. The van der Waals surface area contributed by atoms with E-state index in [2.05, 4.69) is 149 Å². The van der Waals surface area contributed by atoms with Gasteiger partial charge in [0.15, 0.2) is 0 Å². The fourth-order valence-corrected chi connectivity index (χ4v) is 5.93. The van der Waals surface area contributed by atoms with E-state index in [-0.39, 0.29) is 0 Å². The van der Waals surface area contributed by atoms with Gasteiger partial charge >= 0.3 is 0 Å². The van der Waals surface area contributed by atoms with E-state index in [1.54, 1.807) is 0 Å². The van der Waals surface area contributed by atoms with Gasteiger partial charge in [0.05, 0.1) is 16.6 Å². The Morgan fingerprint density at radius 2 is 0.947 bits per heavy atom. The highest BCUT2D eigenvalue weighted by Crippen LogP contribution is 2.38. The molecule has 8 rings (SSSR count). The molecule has 8 aromatic rings. The van der Waals surface area contributed by atoms with Crippen molar-refractivity contribution in [3.63, 3.8) is 0 Å². The third kappa shape index (κ3) is 3.14. The van der Waals surface area contributed by atoms with Crippen LogP contribution in [0, 0.1) is 0 Å². The summed E-state index contributed by atoms with van der Waals surface area (Å²) in [7, 11) is 0. The Morgan fingerprint density at radius 3 is 1.68 bits per heavy atom. The van der Waals surface area contributed by atoms with Crippen molar-refractivity contribution in [2.45, 2.75) is 0 Å². The van der Waals surface area contributed by atoms with Gasteiger partial charge < -0.3 is 9.55 Å². The van der Waals surface area contributed by atoms with Crippen molar-refractivity contribution in [1.29, 1.82) is 0 Å². The summed E-state index contributed by atoms with van der Waals surface area (Å²) >= 11 is 0. The SMILES string of the molecule is c1ccc(-c2ccc(-c3ccc(-n4c5ccccc5c5ccc6c7ccccc7[nH]c6c54)cc3)cc2)cc1. The quantitative estimate of drug-likeness (QED) is 0.258. The Hall–Kier alpha value is -5.08. The number of para-hydroxylation sites is 2. The highest BCUT2D eigenvalue weighted by molar-refractivity contribution is 6.22. The molecule has 6 aromatic carbocycles. The Morgan fingerprint density at radius 1 is 0.395 bits per heavy atom. The first-order valence-corrected chi connectivity index (χ1v) is 13.0. The van der Waals surface area contributed by atoms with Gasteiger partial charge in [0.2, 0.25) is 0 Å². The van der Waals surface area contributed by atoms with Gasteiger partial charge in [0.25, 0.3) is 0 Å². The molecule has 0 fully saturated rings. The Kier molecular flexibility index (Phi) is 4.55. The highest BCUT2D eigenvalue weighted by atomic mass is 15.0. The van der Waals surface area contributed by atoms with E-state index in [4.69, 9.17) is 0 Å². The van der Waals surface area contributed by atoms with Crippen molar-refractivity contribution in [2.75, 3.05) is 0 Å². The number of benzene rings is 6. The summed E-state index contributed by atoms with van der Waals surface area (Å²) in [6.07, 6.45) is 0. The second-order valence-corrected chi connectivity index (χ2v) is 9.90. The molecule has 2 heterocycles. The van der Waals surface area contributed by atoms with Gasteiger partial charge in [-0.15, -0.1) is 0 Å². The zero-order valence-corrected chi connectivity index (χ0v) is 20.7. The number of H-pyrrole nitrogens is 1. The van der Waals surface area contributed by atoms with Crippen molar-refractivity contribution in [1.82, 2.24) is 9.55 Å². The lowest BCUT2D eigenvalue weighted by Gasteiger charge is -2.10. The fraction of sp³-hybridized carbons (Fsp3) is 0. The maximum absolute atomic E-state index is 3.73. The van der Waals surface area contributed by atoms with E-state index in [9.17, 15) is 0 Å². The van der Waals surface area contributed by atoms with E-state index in [0.717, 1.165) is 5.69 Å². The molecule has 0 spiro atoms. The van der Waals surface area contributed by atoms with Crippen LogP contribution in [0.3, 0.4) is 0 Å². The summed E-state index contributed by atoms with van der Waals surface area (Å²) < 4.78 is 2.41. The molecule has 2 nitrogen and oxygen atoms in total. The fourth-order valence-electron chi connectivity index (χ4n) is 5.93. The molecule has 0 radical (unpaired) electrons. The zero-order chi connectivity index (χ0) is 25.1. The Labute approximate surface area is 220 Å². The van der Waals surface area contributed by atoms with Crippen LogP contribution >= 0.6 is 0 Å². The van der Waals surface area contributed by atoms with Gasteiger partial charge in [-0.1, -0.05) is 115 Å². The molecule has 1 N–H and O–H groups in total. The Bertz CT molecular complexity index is 2090. The van der Waals surface area contributed by atoms with Crippen molar-refractivity contribution >= 4 is 43.6 Å². The van der Waals surface area contributed by atoms with Crippen molar-refractivity contribution < 1.29 is 0 Å². The second-order valence-electron chi connectivity index (χ2n) is 9.90. The number of nitrogens with zero attached hydrogens (tertiary/aromatic N) is 1. The predicted molar refractivity (Wildman–Crippen MR) is 161 cm³/mol. The van der Waals surface area contributed by atoms with Gasteiger partial charge in [0.1, 0.15) is 0 Å². The summed E-state index contributed by atoms with van der Waals surface area (Å²) in [5.74, 6) is 0. The van der Waals surface area contributed by atoms with Gasteiger partial charge in [-0.05, 0) is 46.5 Å². The summed E-state index contributed by atoms with van der Waals surface area (Å²) in [6.45, 7) is 0. The topological polar surface area (TPSA) is 20.7 Å². The van der Waals surface area contributed by atoms with Crippen LogP contribution in [0.5, 0.6) is 0 Å². The van der Waals surface area contributed by atoms with Gasteiger partial charge in [-0.2, -0.15) is 0 Å². The lowest BCUT2D eigenvalue weighted by Crippen LogP contribution is -1.94. The standard InChI is InChI=1S/C36H24N2/c1-2-8-24(9-3-1)25-14-16-26(17-15-25)27-18-20-28(21-19-27)38-34-13-7-5-11-30(34)32-23-22-31-29-10-4-6-12-33(29)37-35(31)36(32)38/h1-23,37H. The van der Waals surface area contributed by atoms with Crippen molar-refractivity contribution in [3.8, 4) is 27.9 Å². The summed E-state index contributed by atoms with van der Waals surface area (Å²) in [4.78, 5) is 3.73. The third-order valence-corrected chi connectivity index (χ3v) is 7.76. The molecule has 2 heteroatoms. The summed E-state index contributed by atoms with van der Waals surface area (Å²) in [5, 5.41) is 5.05. The monoisotopic (exact) mass is 484 g/mol. The second kappa shape index (κ2) is 8.22. The molecule has 178 valence electrons. The zero-order valence-electron chi connectivity index (χ0n) is 20.7. The normalized spacial score (nSPS) is 11.7. The molecule has 0 aliphatic carbocycles. The van der Waals surface area contributed by atoms with Crippen molar-refractivity contribution in [3.05, 3.63) is 140 Å². The van der Waals surface area contributed by atoms with Gasteiger partial charge in [-0.3, -0.25) is 0 Å². The molecule has 0 saturated heterocycles. The largest absolute Gasteiger partial charge is 0.353 e. The molecule has 0 unspecified atom stereocenters. The Balaban J connectivity index is 1.29. The minimum absolute atomic E-state index is 1.16. The molecule has 0 saturated carbocycles. The molecule has 38 heavy (non-hydrogen) atoms. The smallest absolute Gasteiger partial charge is 0.0783 e. The van der Waals surface area contributed by atoms with Gasteiger partial charge in [0, 0.05) is 32.7 Å². The van der Waals surface area contributed by atoms with Crippen molar-refractivity contribution in [2.24, 2.45) is 0 Å². The molecular weight excluding hydrogens is 460 g/mol. The van der Waals surface area contributed by atoms with Crippen LogP contribution in [0.4, 0.5) is 0 Å². The maximum atomic E-state index is 3.73. The van der Waals surface area contributed by atoms with E-state index < -0.39 is 0 Å². The number of hydrogen-bond acceptors (Lipinski definition) is 0. The number of aromatic amines is 1. The number of rotatable bonds is 3. The summed E-state index contributed by atoms with van der Waals surface area (Å²) in [5.41, 5.74) is 10.9. The summed E-state index contributed by atoms with van der Waals surface area (Å²) in [6, 6.07) is 50.1. The molecule has 0 amide bonds. The first-order valence-electron chi connectivity index (χ1n) is 13.0. The minimum Gasteiger partial charge on any atom is -0.353 e. The van der Waals surface area contributed by atoms with Crippen LogP contribution in [-0.2, 0) is 0 Å². The number of hydrogen-bond donors (Lipinski definition) is 1. The maximum Gasteiger partial charge on any atom is 0.0783 e. The average Bonchev–Trinajstić information content (AvgIpc) is 3.54. The number of aromatic nitrogens is 2. The lowest BCUT2D eigenvalue weighted by molar-refractivity contribution is 1.18.